The van der Waals surface area contributed by atoms with Crippen LogP contribution in [0, 0.1) is 0 Å². The van der Waals surface area contributed by atoms with Crippen molar-refractivity contribution in [2.75, 3.05) is 19.8 Å². The Morgan fingerprint density at radius 1 is 1.00 bits per heavy atom. The summed E-state index contributed by atoms with van der Waals surface area (Å²) in [5, 5.41) is 3.11. The van der Waals surface area contributed by atoms with Gasteiger partial charge in [0.1, 0.15) is 0 Å². The highest BCUT2D eigenvalue weighted by Crippen LogP contribution is 2.40. The Morgan fingerprint density at radius 3 is 2.26 bits per heavy atom. The first-order valence-corrected chi connectivity index (χ1v) is 8.74. The number of rotatable bonds is 5. The van der Waals surface area contributed by atoms with Gasteiger partial charge in [-0.05, 0) is 37.1 Å². The van der Waals surface area contributed by atoms with Gasteiger partial charge in [0.15, 0.2) is 0 Å². The molecule has 4 heteroatoms. The van der Waals surface area contributed by atoms with Gasteiger partial charge in [-0.25, -0.2) is 0 Å². The highest BCUT2D eigenvalue weighted by molar-refractivity contribution is 8.00. The molecule has 0 radical (unpaired) electrons. The Hall–Kier alpha value is -1.78. The molecule has 0 saturated carbocycles. The van der Waals surface area contributed by atoms with Crippen LogP contribution in [0.4, 0.5) is 0 Å². The number of carbonyl (C=O) groups excluding carboxylic acids is 1. The molecule has 0 atom stereocenters. The van der Waals surface area contributed by atoms with Gasteiger partial charge >= 0.3 is 0 Å². The van der Waals surface area contributed by atoms with Gasteiger partial charge in [0.25, 0.3) is 5.91 Å². The van der Waals surface area contributed by atoms with Crippen LogP contribution in [0.2, 0.25) is 0 Å². The minimum atomic E-state index is -0.00914. The van der Waals surface area contributed by atoms with Gasteiger partial charge in [-0.15, -0.1) is 11.8 Å². The first kappa shape index (κ1) is 16.1. The fourth-order valence-electron chi connectivity index (χ4n) is 2.73. The van der Waals surface area contributed by atoms with Gasteiger partial charge in [-0.1, -0.05) is 36.4 Å². The van der Waals surface area contributed by atoms with Crippen molar-refractivity contribution in [3.8, 4) is 0 Å². The van der Waals surface area contributed by atoms with Crippen LogP contribution >= 0.6 is 11.8 Å². The Kier molecular flexibility index (Phi) is 5.36. The molecule has 3 nitrogen and oxygen atoms in total. The van der Waals surface area contributed by atoms with Crippen molar-refractivity contribution in [2.24, 2.45) is 0 Å². The van der Waals surface area contributed by atoms with Crippen LogP contribution in [0.25, 0.3) is 0 Å². The Balaban J connectivity index is 1.68. The van der Waals surface area contributed by atoms with E-state index in [0.717, 1.165) is 26.1 Å². The molecule has 1 amide bonds. The lowest BCUT2D eigenvalue weighted by Crippen LogP contribution is -2.44. The van der Waals surface area contributed by atoms with Crippen LogP contribution in [0.1, 0.15) is 23.2 Å². The van der Waals surface area contributed by atoms with Crippen LogP contribution in [0.15, 0.2) is 65.6 Å². The van der Waals surface area contributed by atoms with E-state index < -0.39 is 0 Å². The second-order valence-corrected chi connectivity index (χ2v) is 7.30. The lowest BCUT2D eigenvalue weighted by Gasteiger charge is -2.36. The molecule has 1 aliphatic rings. The smallest absolute Gasteiger partial charge is 0.251 e. The summed E-state index contributed by atoms with van der Waals surface area (Å²) in [5.41, 5.74) is 0.708. The quantitative estimate of drug-likeness (QED) is 0.909. The summed E-state index contributed by atoms with van der Waals surface area (Å²) >= 11 is 1.85. The third kappa shape index (κ3) is 4.36. The topological polar surface area (TPSA) is 38.3 Å². The fourth-order valence-corrected chi connectivity index (χ4v) is 4.04. The molecule has 2 aromatic carbocycles. The number of thioether (sulfide) groups is 1. The second-order valence-electron chi connectivity index (χ2n) is 5.76. The average molecular weight is 327 g/mol. The Labute approximate surface area is 141 Å². The lowest BCUT2D eigenvalue weighted by molar-refractivity contribution is 0.0741. The molecule has 0 bridgehead atoms. The van der Waals surface area contributed by atoms with Crippen molar-refractivity contribution in [3.05, 3.63) is 66.2 Å². The molecule has 3 rings (SSSR count). The third-order valence-electron chi connectivity index (χ3n) is 4.09. The number of benzene rings is 2. The number of ether oxygens (including phenoxy) is 1. The van der Waals surface area contributed by atoms with Gasteiger partial charge in [-0.3, -0.25) is 4.79 Å². The normalized spacial score (nSPS) is 16.7. The summed E-state index contributed by atoms with van der Waals surface area (Å²) < 4.78 is 5.53. The van der Waals surface area contributed by atoms with Crippen molar-refractivity contribution < 1.29 is 9.53 Å². The minimum absolute atomic E-state index is 0.00401. The van der Waals surface area contributed by atoms with Crippen molar-refractivity contribution in [2.45, 2.75) is 22.5 Å². The number of carbonyl (C=O) groups is 1. The van der Waals surface area contributed by atoms with Crippen molar-refractivity contribution in [3.63, 3.8) is 0 Å². The molecular formula is C19H21NO2S. The maximum atomic E-state index is 12.3. The molecule has 23 heavy (non-hydrogen) atoms. The molecule has 0 aromatic heterocycles. The molecule has 120 valence electrons. The summed E-state index contributed by atoms with van der Waals surface area (Å²) in [5.74, 6) is -0.00914. The zero-order valence-corrected chi connectivity index (χ0v) is 13.9. The molecule has 0 spiro atoms. The number of hydrogen-bond acceptors (Lipinski definition) is 3. The van der Waals surface area contributed by atoms with Gasteiger partial charge < -0.3 is 10.1 Å². The van der Waals surface area contributed by atoms with E-state index in [1.54, 1.807) is 0 Å². The number of amides is 1. The predicted octanol–water partition coefficient (Wildman–Crippen LogP) is 3.76. The fraction of sp³-hybridized carbons (Fsp3) is 0.316. The molecule has 1 heterocycles. The molecule has 1 fully saturated rings. The van der Waals surface area contributed by atoms with E-state index in [0.29, 0.717) is 12.1 Å². The lowest BCUT2D eigenvalue weighted by atomic mass is 9.99. The van der Waals surface area contributed by atoms with Crippen molar-refractivity contribution in [1.29, 1.82) is 0 Å². The minimum Gasteiger partial charge on any atom is -0.381 e. The molecular weight excluding hydrogens is 306 g/mol. The van der Waals surface area contributed by atoms with Crippen LogP contribution in [-0.2, 0) is 4.74 Å². The van der Waals surface area contributed by atoms with E-state index in [9.17, 15) is 4.79 Å². The van der Waals surface area contributed by atoms with Gasteiger partial charge in [0, 0.05) is 35.0 Å². The van der Waals surface area contributed by atoms with Crippen LogP contribution in [0.3, 0.4) is 0 Å². The maximum absolute atomic E-state index is 12.3. The molecule has 0 aliphatic carbocycles. The predicted molar refractivity (Wildman–Crippen MR) is 93.9 cm³/mol. The van der Waals surface area contributed by atoms with Crippen molar-refractivity contribution in [1.82, 2.24) is 5.32 Å². The number of hydrogen-bond donors (Lipinski definition) is 1. The third-order valence-corrected chi connectivity index (χ3v) is 5.58. The molecule has 1 N–H and O–H groups in total. The largest absolute Gasteiger partial charge is 0.381 e. The molecule has 0 unspecified atom stereocenters. The van der Waals surface area contributed by atoms with E-state index in [2.05, 4.69) is 29.6 Å². The van der Waals surface area contributed by atoms with Crippen LogP contribution in [-0.4, -0.2) is 30.4 Å². The summed E-state index contributed by atoms with van der Waals surface area (Å²) in [7, 11) is 0. The Bertz CT molecular complexity index is 624. The van der Waals surface area contributed by atoms with Crippen molar-refractivity contribution >= 4 is 17.7 Å². The van der Waals surface area contributed by atoms with E-state index in [1.165, 1.54) is 4.90 Å². The van der Waals surface area contributed by atoms with E-state index in [1.807, 2.05) is 48.2 Å². The Morgan fingerprint density at radius 2 is 1.61 bits per heavy atom. The molecule has 1 aliphatic heterocycles. The van der Waals surface area contributed by atoms with Crippen LogP contribution < -0.4 is 5.32 Å². The molecule has 2 aromatic rings. The van der Waals surface area contributed by atoms with E-state index in [4.69, 9.17) is 4.74 Å². The average Bonchev–Trinajstić information content (AvgIpc) is 2.62. The summed E-state index contributed by atoms with van der Waals surface area (Å²) in [6.07, 6.45) is 1.89. The highest BCUT2D eigenvalue weighted by Gasteiger charge is 2.34. The number of nitrogens with one attached hydrogen (secondary N) is 1. The van der Waals surface area contributed by atoms with E-state index in [-0.39, 0.29) is 10.7 Å². The summed E-state index contributed by atoms with van der Waals surface area (Å²) in [6, 6.07) is 19.8. The molecule has 1 saturated heterocycles. The standard InChI is InChI=1S/C19H21NO2S/c21-18(16-7-3-1-4-8-16)20-15-19(11-13-22-14-12-19)23-17-9-5-2-6-10-17/h1-10H,11-15H2,(H,20,21). The zero-order valence-electron chi connectivity index (χ0n) is 13.0. The SMILES string of the molecule is O=C(NCC1(Sc2ccccc2)CCOCC1)c1ccccc1. The van der Waals surface area contributed by atoms with Gasteiger partial charge in [0.05, 0.1) is 0 Å². The first-order chi connectivity index (χ1) is 11.3. The highest BCUT2D eigenvalue weighted by atomic mass is 32.2. The first-order valence-electron chi connectivity index (χ1n) is 7.93. The van der Waals surface area contributed by atoms with Gasteiger partial charge in [0.2, 0.25) is 0 Å². The zero-order chi connectivity index (χ0) is 16.0. The maximum Gasteiger partial charge on any atom is 0.251 e. The monoisotopic (exact) mass is 327 g/mol. The van der Waals surface area contributed by atoms with Crippen LogP contribution in [0.5, 0.6) is 0 Å². The van der Waals surface area contributed by atoms with E-state index >= 15 is 0 Å². The second kappa shape index (κ2) is 7.66. The van der Waals surface area contributed by atoms with Gasteiger partial charge in [-0.2, -0.15) is 0 Å². The summed E-state index contributed by atoms with van der Waals surface area (Å²) in [4.78, 5) is 13.6. The summed E-state index contributed by atoms with van der Waals surface area (Å²) in [6.45, 7) is 2.16.